The third kappa shape index (κ3) is 4.20. The highest BCUT2D eigenvalue weighted by molar-refractivity contribution is 5.39. The Bertz CT molecular complexity index is 434. The quantitative estimate of drug-likeness (QED) is 0.838. The zero-order valence-electron chi connectivity index (χ0n) is 12.3. The van der Waals surface area contributed by atoms with Gasteiger partial charge in [-0.2, -0.15) is 0 Å². The molecule has 2 rings (SSSR count). The maximum atomic E-state index is 9.78. The first-order chi connectivity index (χ1) is 9.56. The number of hydrogen-bond donors (Lipinski definition) is 2. The predicted molar refractivity (Wildman–Crippen MR) is 78.9 cm³/mol. The molecular weight excluding hydrogens is 254 g/mol. The summed E-state index contributed by atoms with van der Waals surface area (Å²) in [5.41, 5.74) is 8.63. The summed E-state index contributed by atoms with van der Waals surface area (Å²) in [7, 11) is 0. The summed E-state index contributed by atoms with van der Waals surface area (Å²) < 4.78 is 11.0. The molecule has 1 aliphatic carbocycles. The van der Waals surface area contributed by atoms with E-state index in [0.717, 1.165) is 25.0 Å². The van der Waals surface area contributed by atoms with Crippen molar-refractivity contribution in [1.82, 2.24) is 0 Å². The van der Waals surface area contributed by atoms with Crippen LogP contribution in [0, 0.1) is 0 Å². The molecule has 20 heavy (non-hydrogen) atoms. The minimum atomic E-state index is -0.609. The Labute approximate surface area is 120 Å². The van der Waals surface area contributed by atoms with Gasteiger partial charge in [-0.25, -0.2) is 0 Å². The minimum absolute atomic E-state index is 0.108. The van der Waals surface area contributed by atoms with Gasteiger partial charge in [0.2, 0.25) is 0 Å². The zero-order chi connectivity index (χ0) is 14.5. The first-order valence-electron chi connectivity index (χ1n) is 7.37. The lowest BCUT2D eigenvalue weighted by Crippen LogP contribution is -2.25. The van der Waals surface area contributed by atoms with Crippen molar-refractivity contribution in [2.45, 2.75) is 51.4 Å². The van der Waals surface area contributed by atoms with Crippen LogP contribution in [0.1, 0.15) is 43.9 Å². The lowest BCUT2D eigenvalue weighted by atomic mass is 9.88. The SMILES string of the molecule is CC(C)OCC(O)COc1ccc2c(c1)C(N)CCC2. The van der Waals surface area contributed by atoms with Crippen LogP contribution in [-0.2, 0) is 11.2 Å². The van der Waals surface area contributed by atoms with E-state index in [1.54, 1.807) is 0 Å². The van der Waals surface area contributed by atoms with Gasteiger partial charge in [-0.1, -0.05) is 6.07 Å². The predicted octanol–water partition coefficient (Wildman–Crippen LogP) is 2.19. The van der Waals surface area contributed by atoms with E-state index in [1.807, 2.05) is 26.0 Å². The number of aliphatic hydroxyl groups is 1. The third-order valence-corrected chi connectivity index (χ3v) is 3.54. The number of rotatable bonds is 6. The second-order valence-electron chi connectivity index (χ2n) is 5.71. The molecule has 1 aromatic rings. The van der Waals surface area contributed by atoms with Crippen LogP contribution in [0.15, 0.2) is 18.2 Å². The average Bonchev–Trinajstić information content (AvgIpc) is 2.43. The summed E-state index contributed by atoms with van der Waals surface area (Å²) in [5, 5.41) is 9.78. The van der Waals surface area contributed by atoms with Gasteiger partial charge in [-0.05, 0) is 56.4 Å². The molecule has 2 unspecified atom stereocenters. The van der Waals surface area contributed by atoms with Crippen LogP contribution in [0.5, 0.6) is 5.75 Å². The van der Waals surface area contributed by atoms with Gasteiger partial charge >= 0.3 is 0 Å². The highest BCUT2D eigenvalue weighted by Crippen LogP contribution is 2.30. The van der Waals surface area contributed by atoms with Crippen molar-refractivity contribution in [3.05, 3.63) is 29.3 Å². The fourth-order valence-electron chi connectivity index (χ4n) is 2.45. The molecule has 0 aliphatic heterocycles. The molecule has 0 radical (unpaired) electrons. The van der Waals surface area contributed by atoms with E-state index < -0.39 is 6.10 Å². The van der Waals surface area contributed by atoms with E-state index >= 15 is 0 Å². The monoisotopic (exact) mass is 279 g/mol. The molecule has 0 heterocycles. The van der Waals surface area contributed by atoms with Crippen LogP contribution in [-0.4, -0.2) is 30.5 Å². The number of hydrogen-bond acceptors (Lipinski definition) is 4. The molecule has 0 saturated carbocycles. The van der Waals surface area contributed by atoms with Crippen molar-refractivity contribution < 1.29 is 14.6 Å². The van der Waals surface area contributed by atoms with Gasteiger partial charge in [0.25, 0.3) is 0 Å². The second kappa shape index (κ2) is 7.07. The number of ether oxygens (including phenoxy) is 2. The Hall–Kier alpha value is -1.10. The van der Waals surface area contributed by atoms with Gasteiger partial charge in [0.05, 0.1) is 12.7 Å². The van der Waals surface area contributed by atoms with Crippen LogP contribution in [0.3, 0.4) is 0 Å². The Morgan fingerprint density at radius 3 is 2.90 bits per heavy atom. The van der Waals surface area contributed by atoms with Crippen molar-refractivity contribution in [2.75, 3.05) is 13.2 Å². The van der Waals surface area contributed by atoms with Crippen molar-refractivity contribution in [2.24, 2.45) is 5.73 Å². The van der Waals surface area contributed by atoms with E-state index in [4.69, 9.17) is 15.2 Å². The van der Waals surface area contributed by atoms with Gasteiger partial charge in [0.1, 0.15) is 18.5 Å². The molecule has 0 fully saturated rings. The molecule has 112 valence electrons. The fourth-order valence-corrected chi connectivity index (χ4v) is 2.45. The lowest BCUT2D eigenvalue weighted by Gasteiger charge is -2.23. The van der Waals surface area contributed by atoms with Crippen molar-refractivity contribution >= 4 is 0 Å². The van der Waals surface area contributed by atoms with E-state index in [2.05, 4.69) is 6.07 Å². The standard InChI is InChI=1S/C16H25NO3/c1-11(2)19-9-13(18)10-20-14-7-6-12-4-3-5-16(17)15(12)8-14/h6-8,11,13,16,18H,3-5,9-10,17H2,1-2H3. The van der Waals surface area contributed by atoms with E-state index in [0.29, 0.717) is 6.61 Å². The van der Waals surface area contributed by atoms with Gasteiger partial charge in [-0.3, -0.25) is 0 Å². The maximum Gasteiger partial charge on any atom is 0.119 e. The first-order valence-corrected chi connectivity index (χ1v) is 7.37. The highest BCUT2D eigenvalue weighted by Gasteiger charge is 2.17. The maximum absolute atomic E-state index is 9.78. The minimum Gasteiger partial charge on any atom is -0.491 e. The summed E-state index contributed by atoms with van der Waals surface area (Å²) in [6.45, 7) is 4.42. The van der Waals surface area contributed by atoms with Crippen LogP contribution in [0.4, 0.5) is 0 Å². The molecule has 2 atom stereocenters. The largest absolute Gasteiger partial charge is 0.491 e. The van der Waals surface area contributed by atoms with E-state index in [9.17, 15) is 5.11 Å². The number of aryl methyl sites for hydroxylation is 1. The van der Waals surface area contributed by atoms with Crippen LogP contribution in [0.2, 0.25) is 0 Å². The molecule has 4 nitrogen and oxygen atoms in total. The van der Waals surface area contributed by atoms with Crippen LogP contribution < -0.4 is 10.5 Å². The normalized spacial score (nSPS) is 19.8. The van der Waals surface area contributed by atoms with Crippen LogP contribution >= 0.6 is 0 Å². The Morgan fingerprint density at radius 1 is 1.35 bits per heavy atom. The Balaban J connectivity index is 1.89. The Kier molecular flexibility index (Phi) is 5.40. The number of aliphatic hydroxyl groups excluding tert-OH is 1. The van der Waals surface area contributed by atoms with Crippen LogP contribution in [0.25, 0.3) is 0 Å². The fraction of sp³-hybridized carbons (Fsp3) is 0.625. The van der Waals surface area contributed by atoms with Gasteiger partial charge in [0, 0.05) is 6.04 Å². The van der Waals surface area contributed by atoms with Crippen molar-refractivity contribution in [1.29, 1.82) is 0 Å². The lowest BCUT2D eigenvalue weighted by molar-refractivity contribution is -0.0123. The zero-order valence-corrected chi connectivity index (χ0v) is 12.3. The number of benzene rings is 1. The van der Waals surface area contributed by atoms with E-state index in [1.165, 1.54) is 11.1 Å². The molecule has 0 aromatic heterocycles. The molecule has 3 N–H and O–H groups in total. The smallest absolute Gasteiger partial charge is 0.119 e. The second-order valence-corrected chi connectivity index (χ2v) is 5.71. The summed E-state index contributed by atoms with van der Waals surface area (Å²) in [6, 6.07) is 6.15. The molecule has 4 heteroatoms. The Morgan fingerprint density at radius 2 is 2.15 bits per heavy atom. The van der Waals surface area contributed by atoms with Crippen molar-refractivity contribution in [3.8, 4) is 5.75 Å². The van der Waals surface area contributed by atoms with Gasteiger partial charge in [-0.15, -0.1) is 0 Å². The molecule has 0 amide bonds. The molecule has 1 aromatic carbocycles. The molecular formula is C16H25NO3. The first kappa shape index (κ1) is 15.3. The molecule has 0 spiro atoms. The van der Waals surface area contributed by atoms with Gasteiger partial charge in [0.15, 0.2) is 0 Å². The number of fused-ring (bicyclic) bond motifs is 1. The number of nitrogens with two attached hydrogens (primary N) is 1. The van der Waals surface area contributed by atoms with Gasteiger partial charge < -0.3 is 20.3 Å². The summed E-state index contributed by atoms with van der Waals surface area (Å²) >= 11 is 0. The highest BCUT2D eigenvalue weighted by atomic mass is 16.5. The summed E-state index contributed by atoms with van der Waals surface area (Å²) in [6.07, 6.45) is 2.78. The topological polar surface area (TPSA) is 64.7 Å². The van der Waals surface area contributed by atoms with Crippen molar-refractivity contribution in [3.63, 3.8) is 0 Å². The summed E-state index contributed by atoms with van der Waals surface area (Å²) in [5.74, 6) is 0.768. The molecule has 1 aliphatic rings. The average molecular weight is 279 g/mol. The molecule has 0 saturated heterocycles. The van der Waals surface area contributed by atoms with E-state index in [-0.39, 0.29) is 18.8 Å². The third-order valence-electron chi connectivity index (χ3n) is 3.54. The summed E-state index contributed by atoms with van der Waals surface area (Å²) in [4.78, 5) is 0. The molecule has 0 bridgehead atoms.